The molecule has 0 amide bonds. The van der Waals surface area contributed by atoms with Crippen molar-refractivity contribution in [1.82, 2.24) is 4.98 Å². The summed E-state index contributed by atoms with van der Waals surface area (Å²) in [6.07, 6.45) is 1.32. The average Bonchev–Trinajstić information content (AvgIpc) is 2.51. The van der Waals surface area contributed by atoms with E-state index in [1.807, 2.05) is 13.8 Å². The number of carbonyl (C=O) groups excluding carboxylic acids is 1. The van der Waals surface area contributed by atoms with E-state index in [-0.39, 0.29) is 5.78 Å². The summed E-state index contributed by atoms with van der Waals surface area (Å²) in [4.78, 5) is 16.4. The monoisotopic (exact) mass is 195 g/mol. The van der Waals surface area contributed by atoms with Gasteiger partial charge in [-0.15, -0.1) is 11.3 Å². The van der Waals surface area contributed by atoms with Gasteiger partial charge in [0.15, 0.2) is 5.78 Å². The van der Waals surface area contributed by atoms with Crippen LogP contribution in [0.4, 0.5) is 0 Å². The van der Waals surface area contributed by atoms with Crippen LogP contribution in [0.15, 0.2) is 17.7 Å². The minimum Gasteiger partial charge on any atom is -0.293 e. The SMILES string of the molecule is C=C(CC)CC(=O)c1scnc1C. The van der Waals surface area contributed by atoms with Gasteiger partial charge < -0.3 is 0 Å². The molecular formula is C10H13NOS. The van der Waals surface area contributed by atoms with Crippen LogP contribution in [-0.4, -0.2) is 10.8 Å². The molecule has 0 atom stereocenters. The van der Waals surface area contributed by atoms with E-state index in [0.717, 1.165) is 22.6 Å². The largest absolute Gasteiger partial charge is 0.293 e. The van der Waals surface area contributed by atoms with Gasteiger partial charge in [-0.3, -0.25) is 4.79 Å². The third-order valence-corrected chi connectivity index (χ3v) is 2.88. The zero-order valence-electron chi connectivity index (χ0n) is 7.96. The van der Waals surface area contributed by atoms with E-state index in [1.54, 1.807) is 5.51 Å². The number of nitrogens with zero attached hydrogens (tertiary/aromatic N) is 1. The van der Waals surface area contributed by atoms with E-state index < -0.39 is 0 Å². The van der Waals surface area contributed by atoms with E-state index in [9.17, 15) is 4.79 Å². The summed E-state index contributed by atoms with van der Waals surface area (Å²) < 4.78 is 0. The Hall–Kier alpha value is -0.960. The first-order valence-electron chi connectivity index (χ1n) is 4.25. The third-order valence-electron chi connectivity index (χ3n) is 1.91. The van der Waals surface area contributed by atoms with Crippen LogP contribution < -0.4 is 0 Å². The average molecular weight is 195 g/mol. The topological polar surface area (TPSA) is 30.0 Å². The first kappa shape index (κ1) is 10.1. The lowest BCUT2D eigenvalue weighted by Gasteiger charge is -1.99. The van der Waals surface area contributed by atoms with E-state index in [1.165, 1.54) is 11.3 Å². The van der Waals surface area contributed by atoms with Gasteiger partial charge in [0.1, 0.15) is 0 Å². The molecule has 3 heteroatoms. The smallest absolute Gasteiger partial charge is 0.178 e. The Bertz CT molecular complexity index is 327. The highest BCUT2D eigenvalue weighted by atomic mass is 32.1. The minimum atomic E-state index is 0.145. The number of hydrogen-bond acceptors (Lipinski definition) is 3. The minimum absolute atomic E-state index is 0.145. The number of rotatable bonds is 4. The summed E-state index contributed by atoms with van der Waals surface area (Å²) in [5, 5.41) is 0. The van der Waals surface area contributed by atoms with Gasteiger partial charge in [-0.05, 0) is 13.3 Å². The van der Waals surface area contributed by atoms with Crippen LogP contribution in [0, 0.1) is 6.92 Å². The van der Waals surface area contributed by atoms with Gasteiger partial charge in [-0.1, -0.05) is 19.1 Å². The maximum atomic E-state index is 11.6. The number of ketones is 1. The summed E-state index contributed by atoms with van der Waals surface area (Å²) in [5.41, 5.74) is 3.52. The molecule has 1 rings (SSSR count). The van der Waals surface area contributed by atoms with E-state index in [4.69, 9.17) is 0 Å². The summed E-state index contributed by atoms with van der Waals surface area (Å²) in [6.45, 7) is 7.68. The van der Waals surface area contributed by atoms with E-state index in [0.29, 0.717) is 6.42 Å². The predicted octanol–water partition coefficient (Wildman–Crippen LogP) is 2.99. The van der Waals surface area contributed by atoms with Crippen LogP contribution in [0.1, 0.15) is 35.1 Å². The van der Waals surface area contributed by atoms with Crippen LogP contribution >= 0.6 is 11.3 Å². The van der Waals surface area contributed by atoms with Crippen molar-refractivity contribution in [3.05, 3.63) is 28.2 Å². The number of allylic oxidation sites excluding steroid dienone is 1. The lowest BCUT2D eigenvalue weighted by molar-refractivity contribution is 0.0995. The standard InChI is InChI=1S/C10H13NOS/c1-4-7(2)5-9(12)10-8(3)11-6-13-10/h6H,2,4-5H2,1,3H3. The molecule has 0 aliphatic heterocycles. The number of aromatic nitrogens is 1. The predicted molar refractivity (Wildman–Crippen MR) is 55.2 cm³/mol. The molecule has 2 nitrogen and oxygen atoms in total. The fourth-order valence-corrected chi connectivity index (χ4v) is 1.74. The lowest BCUT2D eigenvalue weighted by Crippen LogP contribution is -1.99. The molecule has 0 aromatic carbocycles. The Morgan fingerprint density at radius 3 is 2.85 bits per heavy atom. The number of thiazole rings is 1. The van der Waals surface area contributed by atoms with Gasteiger partial charge in [0.2, 0.25) is 0 Å². The van der Waals surface area contributed by atoms with Gasteiger partial charge in [0, 0.05) is 6.42 Å². The molecule has 0 saturated heterocycles. The molecule has 1 aromatic rings. The fourth-order valence-electron chi connectivity index (χ4n) is 1.00. The van der Waals surface area contributed by atoms with E-state index >= 15 is 0 Å². The second-order valence-corrected chi connectivity index (χ2v) is 3.83. The molecule has 0 fully saturated rings. The number of Topliss-reactive ketones (excluding diaryl/α,β-unsaturated/α-hetero) is 1. The number of aryl methyl sites for hydroxylation is 1. The fraction of sp³-hybridized carbons (Fsp3) is 0.400. The molecule has 1 heterocycles. The molecule has 0 radical (unpaired) electrons. The molecule has 0 aliphatic carbocycles. The second-order valence-electron chi connectivity index (χ2n) is 2.97. The van der Waals surface area contributed by atoms with Crippen molar-refractivity contribution in [3.63, 3.8) is 0 Å². The second kappa shape index (κ2) is 4.33. The highest BCUT2D eigenvalue weighted by Gasteiger charge is 2.11. The van der Waals surface area contributed by atoms with Crippen molar-refractivity contribution in [2.75, 3.05) is 0 Å². The zero-order chi connectivity index (χ0) is 9.84. The van der Waals surface area contributed by atoms with Crippen LogP contribution in [0.5, 0.6) is 0 Å². The molecule has 13 heavy (non-hydrogen) atoms. The van der Waals surface area contributed by atoms with Gasteiger partial charge in [0.05, 0.1) is 16.1 Å². The van der Waals surface area contributed by atoms with Crippen molar-refractivity contribution in [1.29, 1.82) is 0 Å². The third kappa shape index (κ3) is 2.49. The molecule has 0 saturated carbocycles. The van der Waals surface area contributed by atoms with Crippen LogP contribution in [-0.2, 0) is 0 Å². The van der Waals surface area contributed by atoms with Crippen molar-refractivity contribution in [3.8, 4) is 0 Å². The first-order chi connectivity index (χ1) is 6.15. The van der Waals surface area contributed by atoms with Crippen molar-refractivity contribution >= 4 is 17.1 Å². The Kier molecular flexibility index (Phi) is 3.37. The molecule has 0 N–H and O–H groups in total. The van der Waals surface area contributed by atoms with Crippen LogP contribution in [0.25, 0.3) is 0 Å². The summed E-state index contributed by atoms with van der Waals surface area (Å²) in [7, 11) is 0. The Balaban J connectivity index is 2.69. The van der Waals surface area contributed by atoms with Gasteiger partial charge in [0.25, 0.3) is 0 Å². The zero-order valence-corrected chi connectivity index (χ0v) is 8.78. The summed E-state index contributed by atoms with van der Waals surface area (Å²) in [6, 6.07) is 0. The molecule has 0 aliphatic rings. The molecule has 0 bridgehead atoms. The van der Waals surface area contributed by atoms with Crippen LogP contribution in [0.2, 0.25) is 0 Å². The number of carbonyl (C=O) groups is 1. The lowest BCUT2D eigenvalue weighted by atomic mass is 10.1. The van der Waals surface area contributed by atoms with Crippen LogP contribution in [0.3, 0.4) is 0 Å². The quantitative estimate of drug-likeness (QED) is 0.546. The Morgan fingerprint density at radius 1 is 1.69 bits per heavy atom. The molecule has 0 unspecified atom stereocenters. The van der Waals surface area contributed by atoms with Crippen molar-refractivity contribution in [2.24, 2.45) is 0 Å². The summed E-state index contributed by atoms with van der Waals surface area (Å²) >= 11 is 1.41. The summed E-state index contributed by atoms with van der Waals surface area (Å²) in [5.74, 6) is 0.145. The highest BCUT2D eigenvalue weighted by molar-refractivity contribution is 7.11. The van der Waals surface area contributed by atoms with E-state index in [2.05, 4.69) is 11.6 Å². The maximum Gasteiger partial charge on any atom is 0.178 e. The van der Waals surface area contributed by atoms with Crippen molar-refractivity contribution in [2.45, 2.75) is 26.7 Å². The number of hydrogen-bond donors (Lipinski definition) is 0. The maximum absolute atomic E-state index is 11.6. The highest BCUT2D eigenvalue weighted by Crippen LogP contribution is 2.17. The molecule has 0 spiro atoms. The first-order valence-corrected chi connectivity index (χ1v) is 5.13. The normalized spacial score (nSPS) is 10.0. The van der Waals surface area contributed by atoms with Crippen molar-refractivity contribution < 1.29 is 4.79 Å². The van der Waals surface area contributed by atoms with Gasteiger partial charge >= 0.3 is 0 Å². The van der Waals surface area contributed by atoms with Gasteiger partial charge in [-0.2, -0.15) is 0 Å². The Morgan fingerprint density at radius 2 is 2.38 bits per heavy atom. The Labute approximate surface area is 82.3 Å². The molecule has 1 aromatic heterocycles. The molecule has 70 valence electrons. The molecular weight excluding hydrogens is 182 g/mol. The van der Waals surface area contributed by atoms with Gasteiger partial charge in [-0.25, -0.2) is 4.98 Å².